The number of allylic oxidation sites excluding steroid dienone is 1. The Kier molecular flexibility index (Phi) is 5.90. The minimum atomic E-state index is -1.54. The number of primary amides is 2. The van der Waals surface area contributed by atoms with Gasteiger partial charge >= 0.3 is 6.03 Å². The molecule has 30 heavy (non-hydrogen) atoms. The molecule has 168 valence electrons. The summed E-state index contributed by atoms with van der Waals surface area (Å²) in [5.41, 5.74) is 7.27. The summed E-state index contributed by atoms with van der Waals surface area (Å²) in [5, 5.41) is 31.7. The van der Waals surface area contributed by atoms with Crippen LogP contribution in [-0.4, -0.2) is 51.2 Å². The largest absolute Gasteiger partial charge is 0.393 e. The van der Waals surface area contributed by atoms with Crippen LogP contribution < -0.4 is 11.5 Å². The van der Waals surface area contributed by atoms with Crippen LogP contribution in [-0.2, 0) is 9.59 Å². The minimum Gasteiger partial charge on any atom is -0.393 e. The van der Waals surface area contributed by atoms with Gasteiger partial charge in [0.05, 0.1) is 6.10 Å². The maximum absolute atomic E-state index is 12.4. The third kappa shape index (κ3) is 3.29. The first kappa shape index (κ1) is 22.9. The molecule has 4 aliphatic rings. The summed E-state index contributed by atoms with van der Waals surface area (Å²) in [6, 6.07) is -0.833. The number of aliphatic hydroxyl groups is 3. The van der Waals surface area contributed by atoms with Gasteiger partial charge in [-0.1, -0.05) is 19.4 Å². The van der Waals surface area contributed by atoms with E-state index in [1.807, 2.05) is 6.92 Å². The fourth-order valence-electron chi connectivity index (χ4n) is 7.28. The zero-order valence-corrected chi connectivity index (χ0v) is 17.8. The molecule has 0 saturated heterocycles. The lowest BCUT2D eigenvalue weighted by molar-refractivity contribution is -0.182. The molecular weight excluding hydrogens is 388 g/mol. The number of rotatable bonds is 2. The Morgan fingerprint density at radius 3 is 2.40 bits per heavy atom. The Hall–Kier alpha value is -1.77. The molecule has 8 heteroatoms. The number of hydrogen-bond donors (Lipinski definition) is 5. The highest BCUT2D eigenvalue weighted by Gasteiger charge is 2.68. The van der Waals surface area contributed by atoms with Crippen molar-refractivity contribution in [1.82, 2.24) is 0 Å². The lowest BCUT2D eigenvalue weighted by atomic mass is 9.45. The van der Waals surface area contributed by atoms with Gasteiger partial charge in [0.1, 0.15) is 12.2 Å². The van der Waals surface area contributed by atoms with E-state index in [0.717, 1.165) is 25.7 Å². The lowest BCUT2D eigenvalue weighted by Gasteiger charge is -2.60. The smallest absolute Gasteiger partial charge is 0.309 e. The van der Waals surface area contributed by atoms with Gasteiger partial charge in [0, 0.05) is 11.8 Å². The number of fused-ring (bicyclic) bond motifs is 5. The Morgan fingerprint density at radius 1 is 1.17 bits per heavy atom. The van der Waals surface area contributed by atoms with Crippen molar-refractivity contribution in [3.8, 4) is 0 Å². The summed E-state index contributed by atoms with van der Waals surface area (Å²) in [7, 11) is 0. The normalized spacial score (nSPS) is 44.6. The fourth-order valence-corrected chi connectivity index (χ4v) is 7.28. The molecule has 0 bridgehead atoms. The quantitative estimate of drug-likeness (QED) is 0.442. The van der Waals surface area contributed by atoms with E-state index in [4.69, 9.17) is 4.79 Å². The van der Waals surface area contributed by atoms with Crippen molar-refractivity contribution in [3.05, 3.63) is 11.6 Å². The summed E-state index contributed by atoms with van der Waals surface area (Å²) in [6.07, 6.45) is 5.74. The zero-order chi connectivity index (χ0) is 22.5. The van der Waals surface area contributed by atoms with E-state index in [1.54, 1.807) is 6.08 Å². The van der Waals surface area contributed by atoms with Gasteiger partial charge in [-0.25, -0.2) is 4.79 Å². The van der Waals surface area contributed by atoms with Crippen LogP contribution in [0.2, 0.25) is 0 Å². The first-order chi connectivity index (χ1) is 13.9. The predicted octanol–water partition coefficient (Wildman–Crippen LogP) is 0.805. The maximum Gasteiger partial charge on any atom is 0.309 e. The molecule has 4 rings (SSSR count). The highest BCUT2D eigenvalue weighted by Crippen LogP contribution is 2.67. The highest BCUT2D eigenvalue weighted by atomic mass is 16.3. The number of carbonyl (C=O) groups is 3. The van der Waals surface area contributed by atoms with Gasteiger partial charge in [0.2, 0.25) is 0 Å². The van der Waals surface area contributed by atoms with Gasteiger partial charge in [0.25, 0.3) is 0 Å². The first-order valence-electron chi connectivity index (χ1n) is 10.7. The molecule has 8 nitrogen and oxygen atoms in total. The van der Waals surface area contributed by atoms with Crippen LogP contribution in [0.1, 0.15) is 58.8 Å². The van der Waals surface area contributed by atoms with E-state index in [9.17, 15) is 24.9 Å². The van der Waals surface area contributed by atoms with Crippen molar-refractivity contribution < 1.29 is 29.7 Å². The number of carbonyl (C=O) groups excluding carboxylic acids is 3. The Balaban J connectivity index is 0.000000589. The second kappa shape index (κ2) is 7.73. The molecule has 4 aliphatic carbocycles. The fraction of sp³-hybridized carbons (Fsp3) is 0.773. The number of Topliss-reactive ketones (excluding diaryl/α,β-unsaturated/α-hetero) is 1. The molecule has 0 aromatic rings. The van der Waals surface area contributed by atoms with Crippen LogP contribution in [0.25, 0.3) is 0 Å². The molecule has 0 radical (unpaired) electrons. The molecule has 0 unspecified atom stereocenters. The van der Waals surface area contributed by atoms with E-state index in [1.165, 1.54) is 5.57 Å². The summed E-state index contributed by atoms with van der Waals surface area (Å²) >= 11 is 0. The minimum absolute atomic E-state index is 0.0697. The standard InChI is InChI=1S/C21H30O5.CH4N2O/c1-19-7-5-13(23)9-12(19)3-4-14-15-6-8-21(26,17(25)11-22)20(15,2)10-16(24)18(14)19;2-1(3)4/h9,14-16,18,22,24,26H,3-8,10-11H2,1-2H3;(H4,2,3,4)/t14-,15-,16-,18+,19-,20-,21-;/m0./s1. The van der Waals surface area contributed by atoms with Crippen LogP contribution in [0.5, 0.6) is 0 Å². The van der Waals surface area contributed by atoms with E-state index in [-0.39, 0.29) is 29.0 Å². The number of hydrogen-bond acceptors (Lipinski definition) is 6. The van der Waals surface area contributed by atoms with Crippen LogP contribution >= 0.6 is 0 Å². The first-order valence-corrected chi connectivity index (χ1v) is 10.7. The van der Waals surface area contributed by atoms with Crippen molar-refractivity contribution in [2.24, 2.45) is 40.1 Å². The van der Waals surface area contributed by atoms with Gasteiger partial charge in [-0.3, -0.25) is 9.59 Å². The van der Waals surface area contributed by atoms with Crippen molar-refractivity contribution in [2.45, 2.75) is 70.5 Å². The average Bonchev–Trinajstić information content (AvgIpc) is 2.92. The van der Waals surface area contributed by atoms with E-state index >= 15 is 0 Å². The second-order valence-corrected chi connectivity index (χ2v) is 9.96. The van der Waals surface area contributed by atoms with E-state index in [0.29, 0.717) is 19.3 Å². The van der Waals surface area contributed by atoms with E-state index < -0.39 is 35.5 Å². The number of ketones is 2. The Bertz CT molecular complexity index is 778. The second-order valence-electron chi connectivity index (χ2n) is 9.96. The third-order valence-corrected chi connectivity index (χ3v) is 8.65. The number of urea groups is 1. The molecule has 0 aliphatic heterocycles. The summed E-state index contributed by atoms with van der Waals surface area (Å²) < 4.78 is 0. The summed E-state index contributed by atoms with van der Waals surface area (Å²) in [5.74, 6) is 0.140. The molecule has 0 heterocycles. The molecule has 0 aromatic heterocycles. The molecule has 0 spiro atoms. The average molecular weight is 423 g/mol. The van der Waals surface area contributed by atoms with Crippen LogP contribution in [0.15, 0.2) is 11.6 Å². The lowest BCUT2D eigenvalue weighted by Crippen LogP contribution is -2.62. The molecule has 3 fully saturated rings. The van der Waals surface area contributed by atoms with Crippen LogP contribution in [0.3, 0.4) is 0 Å². The molecule has 0 aromatic carbocycles. The Morgan fingerprint density at radius 2 is 1.80 bits per heavy atom. The van der Waals surface area contributed by atoms with Crippen molar-refractivity contribution in [1.29, 1.82) is 0 Å². The van der Waals surface area contributed by atoms with E-state index in [2.05, 4.69) is 18.4 Å². The number of nitrogens with two attached hydrogens (primary N) is 2. The predicted molar refractivity (Wildman–Crippen MR) is 109 cm³/mol. The zero-order valence-electron chi connectivity index (χ0n) is 17.8. The van der Waals surface area contributed by atoms with Gasteiger partial charge < -0.3 is 26.8 Å². The van der Waals surface area contributed by atoms with Gasteiger partial charge in [-0.05, 0) is 67.8 Å². The van der Waals surface area contributed by atoms with Crippen LogP contribution in [0.4, 0.5) is 4.79 Å². The van der Waals surface area contributed by atoms with Crippen molar-refractivity contribution in [2.75, 3.05) is 6.61 Å². The maximum atomic E-state index is 12.4. The van der Waals surface area contributed by atoms with Gasteiger partial charge in [-0.2, -0.15) is 0 Å². The topological polar surface area (TPSA) is 164 Å². The van der Waals surface area contributed by atoms with Crippen molar-refractivity contribution in [3.63, 3.8) is 0 Å². The molecule has 7 atom stereocenters. The van der Waals surface area contributed by atoms with Crippen molar-refractivity contribution >= 4 is 17.6 Å². The summed E-state index contributed by atoms with van der Waals surface area (Å²) in [4.78, 5) is 33.3. The number of amides is 2. The third-order valence-electron chi connectivity index (χ3n) is 8.65. The molecular formula is C22H34N2O6. The molecule has 3 saturated carbocycles. The molecule has 7 N–H and O–H groups in total. The van der Waals surface area contributed by atoms with Crippen LogP contribution in [0, 0.1) is 28.6 Å². The molecule has 2 amide bonds. The summed E-state index contributed by atoms with van der Waals surface area (Å²) in [6.45, 7) is 3.46. The van der Waals surface area contributed by atoms with Gasteiger partial charge in [-0.15, -0.1) is 0 Å². The van der Waals surface area contributed by atoms with Gasteiger partial charge in [0.15, 0.2) is 11.6 Å². The highest BCUT2D eigenvalue weighted by molar-refractivity contribution is 5.91. The number of aliphatic hydroxyl groups excluding tert-OH is 2. The Labute approximate surface area is 176 Å². The SMILES string of the molecule is C[C@]12CCC(=O)C=C1CC[C@@H]1[C@@H]2[C@@H](O)C[C@@]2(C)[C@H]1CC[C@]2(O)C(=O)CO.NC(N)=O. The monoisotopic (exact) mass is 422 g/mol.